The molecule has 1 heterocycles. The van der Waals surface area contributed by atoms with Crippen molar-refractivity contribution >= 4 is 0 Å². The Balaban J connectivity index is 2.38. The Bertz CT molecular complexity index is 315. The van der Waals surface area contributed by atoms with Crippen molar-refractivity contribution in [1.29, 1.82) is 0 Å². The highest BCUT2D eigenvalue weighted by molar-refractivity contribution is 4.93. The smallest absolute Gasteiger partial charge is 0.226 e. The normalized spacial score (nSPS) is 13.2. The molecule has 1 atom stereocenters. The van der Waals surface area contributed by atoms with E-state index >= 15 is 0 Å². The summed E-state index contributed by atoms with van der Waals surface area (Å²) in [7, 11) is 1.67. The minimum Gasteiger partial charge on any atom is -0.385 e. The minimum atomic E-state index is -0.336. The van der Waals surface area contributed by atoms with E-state index in [1.807, 2.05) is 13.8 Å². The highest BCUT2D eigenvalue weighted by Crippen LogP contribution is 2.09. The Hall–Kier alpha value is -0.980. The standard InChI is InChI=1S/C11H21N3O3/c1-8(2)16-7-9(12)11-13-10(17-14-11)5-4-6-15-3/h8-9H,4-7,12H2,1-3H3. The van der Waals surface area contributed by atoms with E-state index in [-0.39, 0.29) is 12.1 Å². The first-order chi connectivity index (χ1) is 8.13. The van der Waals surface area contributed by atoms with E-state index in [4.69, 9.17) is 19.7 Å². The predicted molar refractivity (Wildman–Crippen MR) is 62.5 cm³/mol. The molecule has 1 unspecified atom stereocenters. The molecule has 0 aromatic carbocycles. The molecule has 0 fully saturated rings. The van der Waals surface area contributed by atoms with Crippen LogP contribution in [0.25, 0.3) is 0 Å². The fourth-order valence-electron chi connectivity index (χ4n) is 1.26. The van der Waals surface area contributed by atoms with Gasteiger partial charge in [0.05, 0.1) is 18.8 Å². The fourth-order valence-corrected chi connectivity index (χ4v) is 1.26. The Labute approximate surface area is 101 Å². The van der Waals surface area contributed by atoms with Gasteiger partial charge in [0.2, 0.25) is 5.89 Å². The number of methoxy groups -OCH3 is 1. The number of hydrogen-bond acceptors (Lipinski definition) is 6. The number of hydrogen-bond donors (Lipinski definition) is 1. The predicted octanol–water partition coefficient (Wildman–Crippen LogP) is 1.07. The molecule has 0 aliphatic heterocycles. The molecule has 1 aromatic heterocycles. The Kier molecular flexibility index (Phi) is 6.10. The molecule has 0 saturated heterocycles. The van der Waals surface area contributed by atoms with E-state index in [9.17, 15) is 0 Å². The molecule has 6 nitrogen and oxygen atoms in total. The molecule has 0 spiro atoms. The van der Waals surface area contributed by atoms with Crippen LogP contribution in [0.4, 0.5) is 0 Å². The molecular formula is C11H21N3O3. The molecule has 1 aromatic rings. The lowest BCUT2D eigenvalue weighted by Gasteiger charge is -2.10. The van der Waals surface area contributed by atoms with Crippen molar-refractivity contribution in [2.75, 3.05) is 20.3 Å². The zero-order valence-electron chi connectivity index (χ0n) is 10.7. The van der Waals surface area contributed by atoms with Crippen molar-refractivity contribution in [2.24, 2.45) is 5.73 Å². The van der Waals surface area contributed by atoms with E-state index < -0.39 is 0 Å². The van der Waals surface area contributed by atoms with Gasteiger partial charge in [-0.2, -0.15) is 4.98 Å². The quantitative estimate of drug-likeness (QED) is 0.688. The van der Waals surface area contributed by atoms with Crippen LogP contribution in [0.1, 0.15) is 38.0 Å². The molecule has 0 amide bonds. The van der Waals surface area contributed by atoms with E-state index in [1.54, 1.807) is 7.11 Å². The molecule has 0 aliphatic carbocycles. The van der Waals surface area contributed by atoms with Gasteiger partial charge in [0, 0.05) is 20.1 Å². The maximum Gasteiger partial charge on any atom is 0.226 e. The summed E-state index contributed by atoms with van der Waals surface area (Å²) in [4.78, 5) is 4.22. The summed E-state index contributed by atoms with van der Waals surface area (Å²) in [6, 6.07) is -0.336. The first-order valence-electron chi connectivity index (χ1n) is 5.82. The Morgan fingerprint density at radius 2 is 2.18 bits per heavy atom. The van der Waals surface area contributed by atoms with Crippen molar-refractivity contribution in [3.05, 3.63) is 11.7 Å². The van der Waals surface area contributed by atoms with Crippen molar-refractivity contribution < 1.29 is 14.0 Å². The number of ether oxygens (including phenoxy) is 2. The summed E-state index contributed by atoms with van der Waals surface area (Å²) < 4.78 is 15.4. The highest BCUT2D eigenvalue weighted by Gasteiger charge is 2.14. The lowest BCUT2D eigenvalue weighted by atomic mass is 10.3. The summed E-state index contributed by atoms with van der Waals surface area (Å²) in [5.41, 5.74) is 5.88. The van der Waals surface area contributed by atoms with Crippen molar-refractivity contribution in [3.8, 4) is 0 Å². The van der Waals surface area contributed by atoms with Crippen molar-refractivity contribution in [2.45, 2.75) is 38.8 Å². The second-order valence-electron chi connectivity index (χ2n) is 4.13. The highest BCUT2D eigenvalue weighted by atomic mass is 16.5. The first kappa shape index (κ1) is 14.1. The maximum atomic E-state index is 5.88. The molecule has 0 aliphatic rings. The molecule has 0 saturated carbocycles. The monoisotopic (exact) mass is 243 g/mol. The Morgan fingerprint density at radius 3 is 2.82 bits per heavy atom. The first-order valence-corrected chi connectivity index (χ1v) is 5.82. The third kappa shape index (κ3) is 5.25. The average Bonchev–Trinajstić information content (AvgIpc) is 2.75. The topological polar surface area (TPSA) is 83.4 Å². The van der Waals surface area contributed by atoms with Gasteiger partial charge in [-0.3, -0.25) is 0 Å². The SMILES string of the molecule is COCCCc1nc(C(N)COC(C)C)no1. The van der Waals surface area contributed by atoms with Crippen LogP contribution in [0, 0.1) is 0 Å². The van der Waals surface area contributed by atoms with Crippen LogP contribution in [0.15, 0.2) is 4.52 Å². The summed E-state index contributed by atoms with van der Waals surface area (Å²) in [5.74, 6) is 1.09. The zero-order valence-corrected chi connectivity index (χ0v) is 10.7. The van der Waals surface area contributed by atoms with Gasteiger partial charge < -0.3 is 19.7 Å². The van der Waals surface area contributed by atoms with Gasteiger partial charge >= 0.3 is 0 Å². The van der Waals surface area contributed by atoms with E-state index in [0.717, 1.165) is 6.42 Å². The Morgan fingerprint density at radius 1 is 1.41 bits per heavy atom. The van der Waals surface area contributed by atoms with Gasteiger partial charge in [0.25, 0.3) is 0 Å². The zero-order chi connectivity index (χ0) is 12.7. The summed E-state index contributed by atoms with van der Waals surface area (Å²) in [6.07, 6.45) is 1.71. The van der Waals surface area contributed by atoms with Gasteiger partial charge in [-0.15, -0.1) is 0 Å². The van der Waals surface area contributed by atoms with Gasteiger partial charge in [-0.25, -0.2) is 0 Å². The lowest BCUT2D eigenvalue weighted by molar-refractivity contribution is 0.0665. The van der Waals surface area contributed by atoms with Gasteiger partial charge in [-0.1, -0.05) is 5.16 Å². The van der Waals surface area contributed by atoms with E-state index in [0.29, 0.717) is 31.3 Å². The average molecular weight is 243 g/mol. The largest absolute Gasteiger partial charge is 0.385 e. The van der Waals surface area contributed by atoms with Crippen LogP contribution in [0.5, 0.6) is 0 Å². The number of rotatable bonds is 8. The third-order valence-electron chi connectivity index (χ3n) is 2.16. The summed E-state index contributed by atoms with van der Waals surface area (Å²) in [6.45, 7) is 4.99. The number of nitrogens with zero attached hydrogens (tertiary/aromatic N) is 2. The van der Waals surface area contributed by atoms with E-state index in [1.165, 1.54) is 0 Å². The van der Waals surface area contributed by atoms with Gasteiger partial charge in [0.1, 0.15) is 0 Å². The number of aryl methyl sites for hydroxylation is 1. The summed E-state index contributed by atoms with van der Waals surface area (Å²) in [5, 5.41) is 3.84. The third-order valence-corrected chi connectivity index (χ3v) is 2.16. The molecule has 0 bridgehead atoms. The number of aromatic nitrogens is 2. The van der Waals surface area contributed by atoms with Crippen LogP contribution < -0.4 is 5.73 Å². The van der Waals surface area contributed by atoms with Crippen LogP contribution in [0.2, 0.25) is 0 Å². The van der Waals surface area contributed by atoms with Crippen LogP contribution in [-0.2, 0) is 15.9 Å². The molecule has 17 heavy (non-hydrogen) atoms. The second-order valence-corrected chi connectivity index (χ2v) is 4.13. The molecule has 2 N–H and O–H groups in total. The molecule has 0 radical (unpaired) electrons. The van der Waals surface area contributed by atoms with Crippen LogP contribution >= 0.6 is 0 Å². The van der Waals surface area contributed by atoms with Gasteiger partial charge in [-0.05, 0) is 20.3 Å². The molecule has 1 rings (SSSR count). The maximum absolute atomic E-state index is 5.88. The molecule has 98 valence electrons. The summed E-state index contributed by atoms with van der Waals surface area (Å²) >= 11 is 0. The fraction of sp³-hybridized carbons (Fsp3) is 0.818. The minimum absolute atomic E-state index is 0.147. The molecular weight excluding hydrogens is 222 g/mol. The lowest BCUT2D eigenvalue weighted by Crippen LogP contribution is -2.20. The van der Waals surface area contributed by atoms with Crippen LogP contribution in [0.3, 0.4) is 0 Å². The van der Waals surface area contributed by atoms with Gasteiger partial charge in [0.15, 0.2) is 5.82 Å². The number of nitrogens with two attached hydrogens (primary N) is 1. The van der Waals surface area contributed by atoms with Crippen LogP contribution in [-0.4, -0.2) is 36.6 Å². The molecule has 6 heteroatoms. The van der Waals surface area contributed by atoms with Crippen molar-refractivity contribution in [1.82, 2.24) is 10.1 Å². The van der Waals surface area contributed by atoms with Crippen molar-refractivity contribution in [3.63, 3.8) is 0 Å². The van der Waals surface area contributed by atoms with E-state index in [2.05, 4.69) is 10.1 Å². The second kappa shape index (κ2) is 7.37.